The number of carbonyl (C=O) groups is 1. The molecule has 0 bridgehead atoms. The Labute approximate surface area is 154 Å². The number of piperazine rings is 1. The largest absolute Gasteiger partial charge is 0.382 e. The standard InChI is InChI=1S/C20H25N5O/c1-14-10-17-12-16(2-3-18(17)24-14)20(26)23-13-15-4-5-22-19(11-15)25-8-6-21-7-9-25/h2-5,11-12,14,21,24H,6-10,13H2,1H3,(H,23,26)/t14-/m0/s1. The fourth-order valence-electron chi connectivity index (χ4n) is 3.61. The zero-order valence-electron chi connectivity index (χ0n) is 15.1. The molecule has 1 aromatic carbocycles. The van der Waals surface area contributed by atoms with Crippen LogP contribution in [0.3, 0.4) is 0 Å². The molecule has 0 saturated carbocycles. The van der Waals surface area contributed by atoms with Gasteiger partial charge in [0.05, 0.1) is 0 Å². The number of anilines is 2. The van der Waals surface area contributed by atoms with Gasteiger partial charge in [-0.3, -0.25) is 4.79 Å². The number of pyridine rings is 1. The molecule has 0 radical (unpaired) electrons. The Morgan fingerprint density at radius 2 is 2.12 bits per heavy atom. The summed E-state index contributed by atoms with van der Waals surface area (Å²) < 4.78 is 0. The van der Waals surface area contributed by atoms with Gasteiger partial charge in [-0.2, -0.15) is 0 Å². The van der Waals surface area contributed by atoms with Gasteiger partial charge in [0.2, 0.25) is 0 Å². The van der Waals surface area contributed by atoms with Crippen molar-refractivity contribution in [3.05, 3.63) is 53.2 Å². The van der Waals surface area contributed by atoms with E-state index in [0.717, 1.165) is 55.2 Å². The molecule has 1 aromatic heterocycles. The third-order valence-electron chi connectivity index (χ3n) is 5.00. The van der Waals surface area contributed by atoms with Crippen LogP contribution in [-0.2, 0) is 13.0 Å². The highest BCUT2D eigenvalue weighted by atomic mass is 16.1. The Bertz CT molecular complexity index is 801. The van der Waals surface area contributed by atoms with E-state index in [0.29, 0.717) is 12.6 Å². The van der Waals surface area contributed by atoms with E-state index in [1.165, 1.54) is 5.56 Å². The first-order chi connectivity index (χ1) is 12.7. The van der Waals surface area contributed by atoms with Crippen molar-refractivity contribution >= 4 is 17.4 Å². The molecule has 136 valence electrons. The lowest BCUT2D eigenvalue weighted by molar-refractivity contribution is 0.0951. The van der Waals surface area contributed by atoms with E-state index in [1.54, 1.807) is 0 Å². The van der Waals surface area contributed by atoms with Gasteiger partial charge in [0, 0.05) is 56.2 Å². The third kappa shape index (κ3) is 3.65. The average Bonchev–Trinajstić information content (AvgIpc) is 3.06. The maximum atomic E-state index is 12.5. The van der Waals surface area contributed by atoms with E-state index in [2.05, 4.69) is 38.8 Å². The molecule has 1 fully saturated rings. The normalized spacial score (nSPS) is 19.0. The van der Waals surface area contributed by atoms with Crippen molar-refractivity contribution < 1.29 is 4.79 Å². The number of aromatic nitrogens is 1. The van der Waals surface area contributed by atoms with Crippen LogP contribution in [0.1, 0.15) is 28.4 Å². The molecule has 0 unspecified atom stereocenters. The number of fused-ring (bicyclic) bond motifs is 1. The monoisotopic (exact) mass is 351 g/mol. The Morgan fingerprint density at radius 1 is 1.27 bits per heavy atom. The van der Waals surface area contributed by atoms with Crippen LogP contribution >= 0.6 is 0 Å². The van der Waals surface area contributed by atoms with E-state index < -0.39 is 0 Å². The molecule has 0 spiro atoms. The van der Waals surface area contributed by atoms with Crippen LogP contribution in [0.25, 0.3) is 0 Å². The highest BCUT2D eigenvalue weighted by Gasteiger charge is 2.18. The van der Waals surface area contributed by atoms with Crippen LogP contribution in [0.4, 0.5) is 11.5 Å². The summed E-state index contributed by atoms with van der Waals surface area (Å²) >= 11 is 0. The van der Waals surface area contributed by atoms with Gasteiger partial charge in [0.25, 0.3) is 5.91 Å². The zero-order valence-corrected chi connectivity index (χ0v) is 15.1. The molecule has 2 aromatic rings. The van der Waals surface area contributed by atoms with E-state index in [4.69, 9.17) is 0 Å². The molecule has 4 rings (SSSR count). The zero-order chi connectivity index (χ0) is 17.9. The van der Waals surface area contributed by atoms with Crippen LogP contribution in [0.2, 0.25) is 0 Å². The molecule has 2 aliphatic heterocycles. The maximum absolute atomic E-state index is 12.5. The summed E-state index contributed by atoms with van der Waals surface area (Å²) in [4.78, 5) is 19.3. The molecule has 2 aliphatic rings. The molecule has 6 nitrogen and oxygen atoms in total. The topological polar surface area (TPSA) is 69.3 Å². The van der Waals surface area contributed by atoms with Crippen molar-refractivity contribution in [3.8, 4) is 0 Å². The summed E-state index contributed by atoms with van der Waals surface area (Å²) in [7, 11) is 0. The van der Waals surface area contributed by atoms with Gasteiger partial charge in [-0.25, -0.2) is 4.98 Å². The summed E-state index contributed by atoms with van der Waals surface area (Å²) in [6.07, 6.45) is 2.79. The van der Waals surface area contributed by atoms with E-state index in [1.807, 2.05) is 30.5 Å². The SMILES string of the molecule is C[C@H]1Cc2cc(C(=O)NCc3ccnc(N4CCNCC4)c3)ccc2N1. The molecular weight excluding hydrogens is 326 g/mol. The van der Waals surface area contributed by atoms with Gasteiger partial charge < -0.3 is 20.9 Å². The number of nitrogens with zero attached hydrogens (tertiary/aromatic N) is 2. The highest BCUT2D eigenvalue weighted by molar-refractivity contribution is 5.95. The van der Waals surface area contributed by atoms with Gasteiger partial charge in [-0.1, -0.05) is 0 Å². The molecule has 1 saturated heterocycles. The molecule has 1 amide bonds. The van der Waals surface area contributed by atoms with Crippen molar-refractivity contribution in [3.63, 3.8) is 0 Å². The Kier molecular flexibility index (Phi) is 4.75. The average molecular weight is 351 g/mol. The number of carbonyl (C=O) groups excluding carboxylic acids is 1. The van der Waals surface area contributed by atoms with Crippen LogP contribution < -0.4 is 20.9 Å². The fraction of sp³-hybridized carbons (Fsp3) is 0.400. The summed E-state index contributed by atoms with van der Waals surface area (Å²) in [6.45, 7) is 6.54. The van der Waals surface area contributed by atoms with Crippen molar-refractivity contribution in [2.24, 2.45) is 0 Å². The minimum atomic E-state index is -0.0344. The molecular formula is C20H25N5O. The second-order valence-corrected chi connectivity index (χ2v) is 7.06. The minimum absolute atomic E-state index is 0.0344. The first-order valence-corrected chi connectivity index (χ1v) is 9.27. The number of hydrogen-bond donors (Lipinski definition) is 3. The Morgan fingerprint density at radius 3 is 2.96 bits per heavy atom. The van der Waals surface area contributed by atoms with Crippen molar-refractivity contribution in [1.82, 2.24) is 15.6 Å². The lowest BCUT2D eigenvalue weighted by atomic mass is 10.1. The summed E-state index contributed by atoms with van der Waals surface area (Å²) in [5.74, 6) is 0.948. The van der Waals surface area contributed by atoms with Gasteiger partial charge in [0.15, 0.2) is 0 Å². The molecule has 6 heteroatoms. The Balaban J connectivity index is 1.39. The van der Waals surface area contributed by atoms with Gasteiger partial charge in [0.1, 0.15) is 5.82 Å². The molecule has 1 atom stereocenters. The summed E-state index contributed by atoms with van der Waals surface area (Å²) in [6, 6.07) is 10.4. The minimum Gasteiger partial charge on any atom is -0.382 e. The van der Waals surface area contributed by atoms with Crippen molar-refractivity contribution in [2.75, 3.05) is 36.4 Å². The van der Waals surface area contributed by atoms with Crippen LogP contribution in [0.15, 0.2) is 36.5 Å². The predicted octanol–water partition coefficient (Wildman–Crippen LogP) is 1.78. The van der Waals surface area contributed by atoms with E-state index >= 15 is 0 Å². The van der Waals surface area contributed by atoms with Crippen LogP contribution in [0, 0.1) is 0 Å². The van der Waals surface area contributed by atoms with Crippen molar-refractivity contribution in [1.29, 1.82) is 0 Å². The van der Waals surface area contributed by atoms with Gasteiger partial charge >= 0.3 is 0 Å². The summed E-state index contributed by atoms with van der Waals surface area (Å²) in [5.41, 5.74) is 4.15. The van der Waals surface area contributed by atoms with E-state index in [9.17, 15) is 4.79 Å². The van der Waals surface area contributed by atoms with Crippen LogP contribution in [0.5, 0.6) is 0 Å². The third-order valence-corrected chi connectivity index (χ3v) is 5.00. The second kappa shape index (κ2) is 7.33. The molecule has 26 heavy (non-hydrogen) atoms. The molecule has 3 heterocycles. The molecule has 0 aliphatic carbocycles. The summed E-state index contributed by atoms with van der Waals surface area (Å²) in [5, 5.41) is 9.79. The molecule has 3 N–H and O–H groups in total. The first kappa shape index (κ1) is 16.8. The van der Waals surface area contributed by atoms with Gasteiger partial charge in [-0.05, 0) is 54.8 Å². The number of benzene rings is 1. The smallest absolute Gasteiger partial charge is 0.251 e. The number of rotatable bonds is 4. The van der Waals surface area contributed by atoms with Gasteiger partial charge in [-0.15, -0.1) is 0 Å². The first-order valence-electron chi connectivity index (χ1n) is 9.27. The number of nitrogens with one attached hydrogen (secondary N) is 3. The van der Waals surface area contributed by atoms with E-state index in [-0.39, 0.29) is 5.91 Å². The maximum Gasteiger partial charge on any atom is 0.251 e. The Hall–Kier alpha value is -2.60. The lowest BCUT2D eigenvalue weighted by Crippen LogP contribution is -2.43. The quantitative estimate of drug-likeness (QED) is 0.783. The lowest BCUT2D eigenvalue weighted by Gasteiger charge is -2.28. The number of hydrogen-bond acceptors (Lipinski definition) is 5. The fourth-order valence-corrected chi connectivity index (χ4v) is 3.61. The second-order valence-electron chi connectivity index (χ2n) is 7.06. The van der Waals surface area contributed by atoms with Crippen molar-refractivity contribution in [2.45, 2.75) is 25.9 Å². The number of amides is 1. The van der Waals surface area contributed by atoms with Crippen LogP contribution in [-0.4, -0.2) is 43.1 Å². The predicted molar refractivity (Wildman–Crippen MR) is 104 cm³/mol. The highest BCUT2D eigenvalue weighted by Crippen LogP contribution is 2.26.